The Morgan fingerprint density at radius 1 is 1.15 bits per heavy atom. The van der Waals surface area contributed by atoms with Gasteiger partial charge in [0, 0.05) is 25.9 Å². The topological polar surface area (TPSA) is 84.0 Å². The van der Waals surface area contributed by atoms with Gasteiger partial charge in [-0.1, -0.05) is 19.4 Å². The molecule has 9 heteroatoms. The lowest BCUT2D eigenvalue weighted by molar-refractivity contribution is -0.115. The monoisotopic (exact) mass is 496 g/mol. The van der Waals surface area contributed by atoms with E-state index in [4.69, 9.17) is 9.47 Å². The number of anilines is 1. The molecule has 0 radical (unpaired) electrons. The highest BCUT2D eigenvalue weighted by Crippen LogP contribution is 2.08. The van der Waals surface area contributed by atoms with Crippen molar-refractivity contribution in [2.45, 2.75) is 19.8 Å². The molecule has 0 aliphatic carbocycles. The number of hydrogen-bond acceptors (Lipinski definition) is 4. The van der Waals surface area contributed by atoms with E-state index in [0.717, 1.165) is 19.4 Å². The van der Waals surface area contributed by atoms with Gasteiger partial charge in [-0.15, -0.1) is 24.0 Å². The first-order valence-corrected chi connectivity index (χ1v) is 8.81. The second-order valence-corrected chi connectivity index (χ2v) is 5.49. The van der Waals surface area contributed by atoms with Gasteiger partial charge in [0.15, 0.2) is 5.96 Å². The average Bonchev–Trinajstić information content (AvgIpc) is 2.62. The fraction of sp³-hybridized carbons (Fsp3) is 0.556. The molecule has 0 aliphatic heterocycles. The number of carbonyl (C=O) groups excluding carboxylic acids is 1. The molecule has 1 amide bonds. The van der Waals surface area contributed by atoms with Crippen LogP contribution in [0.25, 0.3) is 0 Å². The maximum atomic E-state index is 13.1. The molecule has 3 N–H and O–H groups in total. The molecular formula is C18H30FIN4O3. The van der Waals surface area contributed by atoms with E-state index in [-0.39, 0.29) is 36.4 Å². The summed E-state index contributed by atoms with van der Waals surface area (Å²) in [6.07, 6.45) is 2.19. The van der Waals surface area contributed by atoms with Gasteiger partial charge >= 0.3 is 0 Å². The summed E-state index contributed by atoms with van der Waals surface area (Å²) < 4.78 is 23.9. The molecule has 0 saturated heterocycles. The van der Waals surface area contributed by atoms with Crippen molar-refractivity contribution < 1.29 is 18.7 Å². The highest BCUT2D eigenvalue weighted by molar-refractivity contribution is 14.0. The summed E-state index contributed by atoms with van der Waals surface area (Å²) >= 11 is 0. The number of carbonyl (C=O) groups is 1. The lowest BCUT2D eigenvalue weighted by Crippen LogP contribution is -2.42. The third-order valence-corrected chi connectivity index (χ3v) is 3.30. The van der Waals surface area contributed by atoms with Crippen molar-refractivity contribution in [1.29, 1.82) is 0 Å². The van der Waals surface area contributed by atoms with E-state index >= 15 is 0 Å². The Balaban J connectivity index is 0.00000676. The van der Waals surface area contributed by atoms with Crippen molar-refractivity contribution in [3.05, 3.63) is 30.1 Å². The zero-order valence-corrected chi connectivity index (χ0v) is 18.3. The first kappa shape index (κ1) is 25.5. The van der Waals surface area contributed by atoms with Crippen molar-refractivity contribution in [3.63, 3.8) is 0 Å². The van der Waals surface area contributed by atoms with Crippen LogP contribution in [-0.2, 0) is 14.3 Å². The summed E-state index contributed by atoms with van der Waals surface area (Å²) in [7, 11) is 1.61. The number of ether oxygens (including phenoxy) is 2. The summed E-state index contributed by atoms with van der Waals surface area (Å²) in [5.74, 6) is -0.204. The zero-order chi connectivity index (χ0) is 19.0. The number of nitrogens with one attached hydrogen (secondary N) is 3. The Bertz CT molecular complexity index is 561. The van der Waals surface area contributed by atoms with Crippen LogP contribution in [0.4, 0.5) is 10.1 Å². The van der Waals surface area contributed by atoms with Crippen LogP contribution in [0.5, 0.6) is 0 Å². The van der Waals surface area contributed by atoms with E-state index < -0.39 is 5.82 Å². The van der Waals surface area contributed by atoms with E-state index in [2.05, 4.69) is 27.9 Å². The van der Waals surface area contributed by atoms with E-state index in [0.29, 0.717) is 38.0 Å². The molecule has 0 aromatic heterocycles. The first-order valence-electron chi connectivity index (χ1n) is 8.81. The normalized spacial score (nSPS) is 10.9. The SMILES string of the molecule is CCCCOCCOCCNC(=NC)NCC(=O)Nc1cccc(F)c1.I. The Hall–Kier alpha value is -1.46. The van der Waals surface area contributed by atoms with Crippen LogP contribution in [0.1, 0.15) is 19.8 Å². The number of nitrogens with zero attached hydrogens (tertiary/aromatic N) is 1. The number of guanidine groups is 1. The van der Waals surface area contributed by atoms with E-state index in [1.54, 1.807) is 13.1 Å². The van der Waals surface area contributed by atoms with Crippen LogP contribution < -0.4 is 16.0 Å². The lowest BCUT2D eigenvalue weighted by atomic mass is 10.3. The summed E-state index contributed by atoms with van der Waals surface area (Å²) in [4.78, 5) is 15.9. The third kappa shape index (κ3) is 13.4. The van der Waals surface area contributed by atoms with Gasteiger partial charge in [-0.05, 0) is 24.6 Å². The summed E-state index contributed by atoms with van der Waals surface area (Å²) in [5.41, 5.74) is 0.411. The minimum absolute atomic E-state index is 0. The standard InChI is InChI=1S/C18H29FN4O3.HI/c1-3-4-9-25-11-12-26-10-8-21-18(20-2)22-14-17(24)23-16-7-5-6-15(19)13-16;/h5-7,13H,3-4,8-12,14H2,1-2H3,(H,23,24)(H2,20,21,22);1H. The molecule has 154 valence electrons. The second kappa shape index (κ2) is 16.7. The number of unbranched alkanes of at least 4 members (excludes halogenated alkanes) is 1. The second-order valence-electron chi connectivity index (χ2n) is 5.49. The van der Waals surface area contributed by atoms with Gasteiger partial charge in [0.05, 0.1) is 26.4 Å². The van der Waals surface area contributed by atoms with Gasteiger partial charge in [0.1, 0.15) is 5.82 Å². The van der Waals surface area contributed by atoms with E-state index in [1.165, 1.54) is 18.2 Å². The van der Waals surface area contributed by atoms with Gasteiger partial charge in [0.2, 0.25) is 5.91 Å². The predicted molar refractivity (Wildman–Crippen MR) is 116 cm³/mol. The van der Waals surface area contributed by atoms with Gasteiger partial charge < -0.3 is 25.4 Å². The van der Waals surface area contributed by atoms with Crippen molar-refractivity contribution in [2.75, 3.05) is 51.9 Å². The minimum atomic E-state index is -0.399. The molecule has 0 bridgehead atoms. The average molecular weight is 496 g/mol. The highest BCUT2D eigenvalue weighted by atomic mass is 127. The maximum Gasteiger partial charge on any atom is 0.243 e. The molecule has 0 atom stereocenters. The molecule has 0 unspecified atom stereocenters. The number of rotatable bonds is 12. The number of benzene rings is 1. The lowest BCUT2D eigenvalue weighted by Gasteiger charge is -2.12. The molecule has 0 fully saturated rings. The van der Waals surface area contributed by atoms with Gasteiger partial charge in [-0.3, -0.25) is 9.79 Å². The largest absolute Gasteiger partial charge is 0.379 e. The molecule has 27 heavy (non-hydrogen) atoms. The molecule has 0 spiro atoms. The summed E-state index contributed by atoms with van der Waals surface area (Å²) in [6.45, 7) is 5.11. The minimum Gasteiger partial charge on any atom is -0.379 e. The quantitative estimate of drug-likeness (QED) is 0.179. The molecule has 1 rings (SSSR count). The molecule has 0 heterocycles. The predicted octanol–water partition coefficient (Wildman–Crippen LogP) is 2.38. The number of hydrogen-bond donors (Lipinski definition) is 3. The zero-order valence-electron chi connectivity index (χ0n) is 15.9. The van der Waals surface area contributed by atoms with Gasteiger partial charge in [0.25, 0.3) is 0 Å². The Morgan fingerprint density at radius 2 is 1.89 bits per heavy atom. The number of halogens is 2. The van der Waals surface area contributed by atoms with E-state index in [9.17, 15) is 9.18 Å². The fourth-order valence-electron chi connectivity index (χ4n) is 1.97. The van der Waals surface area contributed by atoms with Crippen molar-refractivity contribution >= 4 is 41.5 Å². The van der Waals surface area contributed by atoms with Crippen LogP contribution in [-0.4, -0.2) is 58.4 Å². The molecule has 1 aromatic rings. The van der Waals surface area contributed by atoms with Gasteiger partial charge in [-0.2, -0.15) is 0 Å². The number of aliphatic imine (C=N–C) groups is 1. The maximum absolute atomic E-state index is 13.1. The highest BCUT2D eigenvalue weighted by Gasteiger charge is 2.04. The van der Waals surface area contributed by atoms with E-state index in [1.807, 2.05) is 0 Å². The van der Waals surface area contributed by atoms with Crippen molar-refractivity contribution in [3.8, 4) is 0 Å². The van der Waals surface area contributed by atoms with Gasteiger partial charge in [-0.25, -0.2) is 4.39 Å². The molecule has 0 aliphatic rings. The summed E-state index contributed by atoms with van der Waals surface area (Å²) in [5, 5.41) is 8.53. The van der Waals surface area contributed by atoms with Crippen LogP contribution in [0, 0.1) is 5.82 Å². The number of amides is 1. The molecule has 1 aromatic carbocycles. The Morgan fingerprint density at radius 3 is 2.56 bits per heavy atom. The molecular weight excluding hydrogens is 466 g/mol. The Kier molecular flexibility index (Phi) is 15.8. The van der Waals surface area contributed by atoms with Crippen LogP contribution in [0.2, 0.25) is 0 Å². The Labute approximate surface area is 177 Å². The van der Waals surface area contributed by atoms with Crippen LogP contribution in [0.3, 0.4) is 0 Å². The van der Waals surface area contributed by atoms with Crippen molar-refractivity contribution in [2.24, 2.45) is 4.99 Å². The third-order valence-electron chi connectivity index (χ3n) is 3.30. The smallest absolute Gasteiger partial charge is 0.243 e. The fourth-order valence-corrected chi connectivity index (χ4v) is 1.97. The van der Waals surface area contributed by atoms with Crippen molar-refractivity contribution in [1.82, 2.24) is 10.6 Å². The van der Waals surface area contributed by atoms with Crippen LogP contribution >= 0.6 is 24.0 Å². The molecule has 7 nitrogen and oxygen atoms in total. The summed E-state index contributed by atoms with van der Waals surface area (Å²) in [6, 6.07) is 5.73. The van der Waals surface area contributed by atoms with Crippen LogP contribution in [0.15, 0.2) is 29.3 Å². The first-order chi connectivity index (χ1) is 12.7. The molecule has 0 saturated carbocycles.